The average Bonchev–Trinajstić information content (AvgIpc) is 2.38. The Morgan fingerprint density at radius 1 is 1.33 bits per heavy atom. The number of rotatable bonds is 4. The van der Waals surface area contributed by atoms with Gasteiger partial charge < -0.3 is 10.2 Å². The van der Waals surface area contributed by atoms with Crippen LogP contribution in [0.25, 0.3) is 0 Å². The summed E-state index contributed by atoms with van der Waals surface area (Å²) < 4.78 is 1.17. The maximum absolute atomic E-state index is 3.59. The summed E-state index contributed by atoms with van der Waals surface area (Å²) in [5.74, 6) is 2.48. The first-order chi connectivity index (χ1) is 8.66. The van der Waals surface area contributed by atoms with Gasteiger partial charge >= 0.3 is 0 Å². The van der Waals surface area contributed by atoms with Crippen molar-refractivity contribution in [2.24, 2.45) is 0 Å². The molecule has 0 aliphatic carbocycles. The van der Waals surface area contributed by atoms with E-state index < -0.39 is 0 Å². The molecule has 0 radical (unpaired) electrons. The molecule has 4 heteroatoms. The third kappa shape index (κ3) is 3.90. The van der Waals surface area contributed by atoms with Crippen LogP contribution in [0.4, 0.5) is 5.69 Å². The van der Waals surface area contributed by atoms with Crippen LogP contribution in [0.15, 0.2) is 22.7 Å². The van der Waals surface area contributed by atoms with Gasteiger partial charge in [0.05, 0.1) is 0 Å². The molecular formula is C14H21BrN2S. The van der Waals surface area contributed by atoms with Gasteiger partial charge in [-0.1, -0.05) is 35.8 Å². The summed E-state index contributed by atoms with van der Waals surface area (Å²) in [4.78, 5) is 2.51. The second kappa shape index (κ2) is 6.83. The highest BCUT2D eigenvalue weighted by Crippen LogP contribution is 2.27. The van der Waals surface area contributed by atoms with E-state index >= 15 is 0 Å². The molecular weight excluding hydrogens is 308 g/mol. The largest absolute Gasteiger partial charge is 0.370 e. The number of hydrogen-bond donors (Lipinski definition) is 1. The Hall–Kier alpha value is -0.190. The maximum atomic E-state index is 3.59. The van der Waals surface area contributed by atoms with Crippen molar-refractivity contribution >= 4 is 33.4 Å². The Morgan fingerprint density at radius 3 is 2.72 bits per heavy atom. The van der Waals surface area contributed by atoms with E-state index in [1.807, 2.05) is 0 Å². The van der Waals surface area contributed by atoms with Gasteiger partial charge in [-0.25, -0.2) is 0 Å². The molecule has 2 rings (SSSR count). The zero-order valence-corrected chi connectivity index (χ0v) is 13.5. The quantitative estimate of drug-likeness (QED) is 0.910. The summed E-state index contributed by atoms with van der Waals surface area (Å²) in [5, 5.41) is 3.51. The predicted octanol–water partition coefficient (Wildman–Crippen LogP) is 3.50. The topological polar surface area (TPSA) is 15.3 Å². The van der Waals surface area contributed by atoms with Crippen LogP contribution in [-0.4, -0.2) is 30.6 Å². The van der Waals surface area contributed by atoms with E-state index in [0.29, 0.717) is 6.04 Å². The first kappa shape index (κ1) is 14.2. The number of benzene rings is 1. The van der Waals surface area contributed by atoms with E-state index in [0.717, 1.165) is 19.6 Å². The van der Waals surface area contributed by atoms with E-state index in [9.17, 15) is 0 Å². The normalized spacial score (nSPS) is 16.3. The van der Waals surface area contributed by atoms with Gasteiger partial charge in [0.15, 0.2) is 0 Å². The maximum Gasteiger partial charge on any atom is 0.0423 e. The lowest BCUT2D eigenvalue weighted by atomic mass is 10.1. The molecule has 1 aromatic rings. The zero-order valence-electron chi connectivity index (χ0n) is 11.1. The molecule has 100 valence electrons. The smallest absolute Gasteiger partial charge is 0.0423 e. The highest BCUT2D eigenvalue weighted by Gasteiger charge is 2.15. The molecule has 1 aliphatic rings. The van der Waals surface area contributed by atoms with Gasteiger partial charge in [0.25, 0.3) is 0 Å². The second-order valence-electron chi connectivity index (χ2n) is 4.91. The molecule has 1 saturated heterocycles. The fourth-order valence-electron chi connectivity index (χ4n) is 2.10. The van der Waals surface area contributed by atoms with Gasteiger partial charge in [-0.05, 0) is 17.7 Å². The molecule has 18 heavy (non-hydrogen) atoms. The number of thioether (sulfide) groups is 1. The van der Waals surface area contributed by atoms with Gasteiger partial charge in [-0.15, -0.1) is 0 Å². The van der Waals surface area contributed by atoms with Gasteiger partial charge in [0.2, 0.25) is 0 Å². The molecule has 0 saturated carbocycles. The van der Waals surface area contributed by atoms with E-state index in [1.165, 1.54) is 27.2 Å². The monoisotopic (exact) mass is 328 g/mol. The molecule has 1 N–H and O–H groups in total. The van der Waals surface area contributed by atoms with Crippen LogP contribution in [-0.2, 0) is 6.54 Å². The lowest BCUT2D eigenvalue weighted by molar-refractivity contribution is 0.588. The third-order valence-corrected chi connectivity index (χ3v) is 4.54. The van der Waals surface area contributed by atoms with E-state index in [-0.39, 0.29) is 0 Å². The van der Waals surface area contributed by atoms with Crippen LogP contribution in [0, 0.1) is 0 Å². The molecule has 0 spiro atoms. The van der Waals surface area contributed by atoms with E-state index in [2.05, 4.69) is 70.0 Å². The number of hydrogen-bond acceptors (Lipinski definition) is 3. The van der Waals surface area contributed by atoms with Crippen LogP contribution in [0.5, 0.6) is 0 Å². The molecule has 2 nitrogen and oxygen atoms in total. The summed E-state index contributed by atoms with van der Waals surface area (Å²) in [6, 6.07) is 7.15. The fourth-order valence-corrected chi connectivity index (χ4v) is 3.35. The van der Waals surface area contributed by atoms with Crippen molar-refractivity contribution in [2.45, 2.75) is 26.4 Å². The third-order valence-electron chi connectivity index (χ3n) is 3.10. The van der Waals surface area contributed by atoms with Crippen LogP contribution in [0.2, 0.25) is 0 Å². The van der Waals surface area contributed by atoms with Crippen LogP contribution >= 0.6 is 27.7 Å². The van der Waals surface area contributed by atoms with Crippen LogP contribution in [0.1, 0.15) is 19.4 Å². The lowest BCUT2D eigenvalue weighted by Crippen LogP contribution is -2.34. The highest BCUT2D eigenvalue weighted by atomic mass is 79.9. The Kier molecular flexibility index (Phi) is 5.39. The van der Waals surface area contributed by atoms with Crippen molar-refractivity contribution in [3.63, 3.8) is 0 Å². The summed E-state index contributed by atoms with van der Waals surface area (Å²) >= 11 is 5.64. The molecule has 1 aliphatic heterocycles. The minimum atomic E-state index is 0.526. The Balaban J connectivity index is 2.16. The van der Waals surface area contributed by atoms with Gasteiger partial charge in [-0.3, -0.25) is 0 Å². The fraction of sp³-hybridized carbons (Fsp3) is 0.571. The van der Waals surface area contributed by atoms with Crippen LogP contribution in [0.3, 0.4) is 0 Å². The minimum Gasteiger partial charge on any atom is -0.370 e. The first-order valence-corrected chi connectivity index (χ1v) is 8.46. The predicted molar refractivity (Wildman–Crippen MR) is 85.7 cm³/mol. The molecule has 1 aromatic carbocycles. The van der Waals surface area contributed by atoms with Crippen molar-refractivity contribution in [1.82, 2.24) is 5.32 Å². The summed E-state index contributed by atoms with van der Waals surface area (Å²) in [5.41, 5.74) is 2.79. The van der Waals surface area contributed by atoms with Crippen molar-refractivity contribution in [3.05, 3.63) is 28.2 Å². The second-order valence-corrected chi connectivity index (χ2v) is 7.05. The van der Waals surface area contributed by atoms with Crippen molar-refractivity contribution in [2.75, 3.05) is 29.5 Å². The van der Waals surface area contributed by atoms with Crippen molar-refractivity contribution in [1.29, 1.82) is 0 Å². The molecule has 0 atom stereocenters. The van der Waals surface area contributed by atoms with Crippen molar-refractivity contribution < 1.29 is 0 Å². The molecule has 1 heterocycles. The molecule has 1 fully saturated rings. The number of halogens is 1. The minimum absolute atomic E-state index is 0.526. The summed E-state index contributed by atoms with van der Waals surface area (Å²) in [6.45, 7) is 7.65. The van der Waals surface area contributed by atoms with Crippen LogP contribution < -0.4 is 10.2 Å². The standard InChI is InChI=1S/C14H21BrN2S/c1-11(2)16-10-12-3-4-13(15)9-14(12)17-5-7-18-8-6-17/h3-4,9,11,16H,5-8,10H2,1-2H3. The Morgan fingerprint density at radius 2 is 2.06 bits per heavy atom. The van der Waals surface area contributed by atoms with E-state index in [4.69, 9.17) is 0 Å². The Bertz CT molecular complexity index is 389. The highest BCUT2D eigenvalue weighted by molar-refractivity contribution is 9.10. The molecule has 0 unspecified atom stereocenters. The zero-order chi connectivity index (χ0) is 13.0. The first-order valence-electron chi connectivity index (χ1n) is 6.51. The molecule has 0 bridgehead atoms. The van der Waals surface area contributed by atoms with E-state index in [1.54, 1.807) is 0 Å². The summed E-state index contributed by atoms with van der Waals surface area (Å²) in [6.07, 6.45) is 0. The molecule has 0 aromatic heterocycles. The van der Waals surface area contributed by atoms with Crippen molar-refractivity contribution in [3.8, 4) is 0 Å². The Labute approximate surface area is 123 Å². The molecule has 0 amide bonds. The number of anilines is 1. The summed E-state index contributed by atoms with van der Waals surface area (Å²) in [7, 11) is 0. The van der Waals surface area contributed by atoms with Gasteiger partial charge in [-0.2, -0.15) is 11.8 Å². The lowest BCUT2D eigenvalue weighted by Gasteiger charge is -2.30. The number of nitrogens with one attached hydrogen (secondary N) is 1. The SMILES string of the molecule is CC(C)NCc1ccc(Br)cc1N1CCSCC1. The van der Waals surface area contributed by atoms with Gasteiger partial charge in [0, 0.05) is 47.3 Å². The van der Waals surface area contributed by atoms with Gasteiger partial charge in [0.1, 0.15) is 0 Å². The average molecular weight is 329 g/mol. The number of nitrogens with zero attached hydrogens (tertiary/aromatic N) is 1.